The molecule has 0 spiro atoms. The minimum absolute atomic E-state index is 0.250. The molecule has 31 heavy (non-hydrogen) atoms. The topological polar surface area (TPSA) is 79.9 Å². The van der Waals surface area contributed by atoms with Crippen LogP contribution >= 0.6 is 23.2 Å². The van der Waals surface area contributed by atoms with Gasteiger partial charge in [-0.2, -0.15) is 0 Å². The van der Waals surface area contributed by atoms with Crippen molar-refractivity contribution >= 4 is 45.8 Å². The largest absolute Gasteiger partial charge is 0.494 e. The highest BCUT2D eigenvalue weighted by Gasteiger charge is 2.20. The number of imidazole rings is 1. The number of anilines is 1. The normalized spacial score (nSPS) is 12.0. The number of amides is 1. The van der Waals surface area contributed by atoms with Gasteiger partial charge >= 0.3 is 0 Å². The Morgan fingerprint density at radius 2 is 1.84 bits per heavy atom. The molecule has 0 aliphatic carbocycles. The molecule has 2 heterocycles. The number of carbonyl (C=O) groups excluding carboxylic acids is 1. The third-order valence-corrected chi connectivity index (χ3v) is 5.65. The van der Waals surface area contributed by atoms with E-state index in [4.69, 9.17) is 32.9 Å². The van der Waals surface area contributed by atoms with Crippen LogP contribution in [-0.2, 0) is 6.42 Å². The molecule has 4 aromatic rings. The fraction of sp³-hybridized carbons (Fsp3) is 0.174. The summed E-state index contributed by atoms with van der Waals surface area (Å²) in [5.74, 6) is 1.24. The van der Waals surface area contributed by atoms with E-state index in [-0.39, 0.29) is 21.9 Å². The average molecular weight is 455 g/mol. The van der Waals surface area contributed by atoms with E-state index in [2.05, 4.69) is 34.3 Å². The number of H-pyrrole nitrogens is 1. The number of halogens is 2. The Labute approximate surface area is 189 Å². The van der Waals surface area contributed by atoms with Crippen LogP contribution < -0.4 is 10.1 Å². The number of hydrogen-bond acceptors (Lipinski definition) is 4. The molecule has 0 aliphatic heterocycles. The maximum absolute atomic E-state index is 13.0. The molecule has 1 atom stereocenters. The number of nitrogens with zero attached hydrogens (tertiary/aromatic N) is 2. The molecule has 0 unspecified atom stereocenters. The van der Waals surface area contributed by atoms with Crippen LogP contribution in [0.25, 0.3) is 11.0 Å². The van der Waals surface area contributed by atoms with Crippen molar-refractivity contribution < 1.29 is 9.53 Å². The second-order valence-electron chi connectivity index (χ2n) is 7.17. The van der Waals surface area contributed by atoms with Gasteiger partial charge in [-0.15, -0.1) is 0 Å². The highest BCUT2D eigenvalue weighted by Crippen LogP contribution is 2.32. The molecular formula is C23H20Cl2N4O2. The van der Waals surface area contributed by atoms with E-state index < -0.39 is 0 Å². The van der Waals surface area contributed by atoms with Crippen LogP contribution in [-0.4, -0.2) is 28.0 Å². The zero-order valence-electron chi connectivity index (χ0n) is 16.9. The number of aromatic amines is 1. The fourth-order valence-electron chi connectivity index (χ4n) is 3.47. The molecule has 2 aromatic heterocycles. The summed E-state index contributed by atoms with van der Waals surface area (Å²) in [7, 11) is 1.58. The smallest absolute Gasteiger partial charge is 0.257 e. The zero-order chi connectivity index (χ0) is 22.0. The number of ether oxygens (including phenoxy) is 1. The molecule has 0 fully saturated rings. The van der Waals surface area contributed by atoms with Gasteiger partial charge in [0.05, 0.1) is 33.9 Å². The van der Waals surface area contributed by atoms with E-state index >= 15 is 0 Å². The van der Waals surface area contributed by atoms with Crippen molar-refractivity contribution in [2.45, 2.75) is 19.3 Å². The SMILES string of the molecule is COc1ccc(C(=O)Nc2c(Cl)cncc2Cl)c2[nH]c(C[C@H](C)c3ccccc3)nc12. The number of rotatable bonds is 6. The molecule has 6 nitrogen and oxygen atoms in total. The van der Waals surface area contributed by atoms with Gasteiger partial charge in [0.2, 0.25) is 0 Å². The summed E-state index contributed by atoms with van der Waals surface area (Å²) in [6.07, 6.45) is 3.53. The lowest BCUT2D eigenvalue weighted by Gasteiger charge is -2.10. The van der Waals surface area contributed by atoms with Gasteiger partial charge in [-0.1, -0.05) is 60.5 Å². The van der Waals surface area contributed by atoms with E-state index in [1.165, 1.54) is 18.0 Å². The number of carbonyl (C=O) groups is 1. The van der Waals surface area contributed by atoms with Gasteiger partial charge in [0, 0.05) is 18.8 Å². The number of aromatic nitrogens is 3. The first-order chi connectivity index (χ1) is 15.0. The Balaban J connectivity index is 1.69. The molecule has 2 aromatic carbocycles. The third kappa shape index (κ3) is 4.36. The fourth-order valence-corrected chi connectivity index (χ4v) is 3.93. The number of methoxy groups -OCH3 is 1. The van der Waals surface area contributed by atoms with Crippen LogP contribution in [0, 0.1) is 0 Å². The van der Waals surface area contributed by atoms with Crippen molar-refractivity contribution in [3.8, 4) is 5.75 Å². The first-order valence-electron chi connectivity index (χ1n) is 9.68. The number of nitrogens with one attached hydrogen (secondary N) is 2. The molecule has 2 N–H and O–H groups in total. The molecule has 1 amide bonds. The van der Waals surface area contributed by atoms with Crippen LogP contribution in [0.2, 0.25) is 10.0 Å². The first-order valence-corrected chi connectivity index (χ1v) is 10.4. The number of fused-ring (bicyclic) bond motifs is 1. The molecule has 0 saturated heterocycles. The predicted molar refractivity (Wildman–Crippen MR) is 123 cm³/mol. The van der Waals surface area contributed by atoms with Crippen molar-refractivity contribution in [3.63, 3.8) is 0 Å². The van der Waals surface area contributed by atoms with Gasteiger partial charge in [0.1, 0.15) is 17.1 Å². The van der Waals surface area contributed by atoms with Gasteiger partial charge in [-0.25, -0.2) is 4.98 Å². The number of hydrogen-bond donors (Lipinski definition) is 2. The summed E-state index contributed by atoms with van der Waals surface area (Å²) in [6.45, 7) is 2.14. The summed E-state index contributed by atoms with van der Waals surface area (Å²) in [5, 5.41) is 3.28. The van der Waals surface area contributed by atoms with Gasteiger partial charge in [0.25, 0.3) is 5.91 Å². The monoisotopic (exact) mass is 454 g/mol. The molecule has 0 aliphatic rings. The molecule has 0 bridgehead atoms. The van der Waals surface area contributed by atoms with Crippen molar-refractivity contribution in [2.75, 3.05) is 12.4 Å². The Morgan fingerprint density at radius 3 is 2.52 bits per heavy atom. The van der Waals surface area contributed by atoms with Gasteiger partial charge in [-0.05, 0) is 23.6 Å². The predicted octanol–water partition coefficient (Wildman–Crippen LogP) is 5.87. The van der Waals surface area contributed by atoms with Crippen molar-refractivity contribution in [3.05, 3.63) is 81.9 Å². The maximum Gasteiger partial charge on any atom is 0.257 e. The van der Waals surface area contributed by atoms with Crippen LogP contribution in [0.3, 0.4) is 0 Å². The Bertz CT molecular complexity index is 1220. The van der Waals surface area contributed by atoms with E-state index in [1.807, 2.05) is 18.2 Å². The Kier molecular flexibility index (Phi) is 6.11. The quantitative estimate of drug-likeness (QED) is 0.381. The second kappa shape index (κ2) is 8.96. The van der Waals surface area contributed by atoms with Gasteiger partial charge < -0.3 is 15.0 Å². The second-order valence-corrected chi connectivity index (χ2v) is 7.99. The highest BCUT2D eigenvalue weighted by atomic mass is 35.5. The number of pyridine rings is 1. The highest BCUT2D eigenvalue weighted by molar-refractivity contribution is 6.39. The van der Waals surface area contributed by atoms with Crippen LogP contribution in [0.1, 0.15) is 34.6 Å². The molecule has 0 saturated carbocycles. The lowest BCUT2D eigenvalue weighted by Crippen LogP contribution is -2.13. The molecule has 0 radical (unpaired) electrons. The minimum atomic E-state index is -0.367. The molecule has 4 rings (SSSR count). The van der Waals surface area contributed by atoms with E-state index in [9.17, 15) is 4.79 Å². The Hall–Kier alpha value is -3.09. The summed E-state index contributed by atoms with van der Waals surface area (Å²) in [6, 6.07) is 13.6. The average Bonchev–Trinajstić information content (AvgIpc) is 3.19. The van der Waals surface area contributed by atoms with Gasteiger partial charge in [0.15, 0.2) is 0 Å². The first kappa shape index (κ1) is 21.2. The number of benzene rings is 2. The van der Waals surface area contributed by atoms with Crippen molar-refractivity contribution in [2.24, 2.45) is 0 Å². The van der Waals surface area contributed by atoms with E-state index in [0.717, 1.165) is 5.82 Å². The van der Waals surface area contributed by atoms with Crippen molar-refractivity contribution in [1.82, 2.24) is 15.0 Å². The summed E-state index contributed by atoms with van der Waals surface area (Å²) in [4.78, 5) is 25.0. The van der Waals surface area contributed by atoms with E-state index in [1.54, 1.807) is 19.2 Å². The van der Waals surface area contributed by atoms with E-state index in [0.29, 0.717) is 34.5 Å². The maximum atomic E-state index is 13.0. The lowest BCUT2D eigenvalue weighted by molar-refractivity contribution is 0.102. The van der Waals surface area contributed by atoms with Crippen LogP contribution in [0.5, 0.6) is 5.75 Å². The Morgan fingerprint density at radius 1 is 1.13 bits per heavy atom. The zero-order valence-corrected chi connectivity index (χ0v) is 18.5. The molecular weight excluding hydrogens is 435 g/mol. The molecule has 158 valence electrons. The standard InChI is InChI=1S/C23H20Cl2N4O2/c1-13(14-6-4-3-5-7-14)10-19-27-20-15(8-9-18(31-2)22(20)28-19)23(30)29-21-16(24)11-26-12-17(21)25/h3-9,11-13H,10H2,1-2H3,(H,27,28)(H,26,29,30)/t13-/m0/s1. The molecule has 8 heteroatoms. The van der Waals surface area contributed by atoms with Crippen LogP contribution in [0.15, 0.2) is 54.9 Å². The van der Waals surface area contributed by atoms with Crippen molar-refractivity contribution in [1.29, 1.82) is 0 Å². The summed E-state index contributed by atoms with van der Waals surface area (Å²) < 4.78 is 5.46. The lowest BCUT2D eigenvalue weighted by atomic mass is 9.98. The minimum Gasteiger partial charge on any atom is -0.494 e. The van der Waals surface area contributed by atoms with Gasteiger partial charge in [-0.3, -0.25) is 9.78 Å². The van der Waals surface area contributed by atoms with Crippen LogP contribution in [0.4, 0.5) is 5.69 Å². The third-order valence-electron chi connectivity index (χ3n) is 5.08. The summed E-state index contributed by atoms with van der Waals surface area (Å²) in [5.41, 5.74) is 3.12. The summed E-state index contributed by atoms with van der Waals surface area (Å²) >= 11 is 12.3.